The average Bonchev–Trinajstić information content (AvgIpc) is 2.79. The van der Waals surface area contributed by atoms with Crippen molar-refractivity contribution in [1.29, 1.82) is 0 Å². The van der Waals surface area contributed by atoms with Crippen LogP contribution in [0.15, 0.2) is 34.5 Å². The maximum Gasteiger partial charge on any atom is 0.249 e. The molecule has 2 amide bonds. The smallest absolute Gasteiger partial charge is 0.249 e. The molecular weight excluding hydrogens is 282 g/mol. The molecule has 22 heavy (non-hydrogen) atoms. The van der Waals surface area contributed by atoms with Gasteiger partial charge in [-0.3, -0.25) is 9.59 Å². The highest BCUT2D eigenvalue weighted by Gasteiger charge is 2.28. The normalized spacial score (nSPS) is 17.3. The van der Waals surface area contributed by atoms with Gasteiger partial charge in [0, 0.05) is 31.9 Å². The molecule has 0 saturated carbocycles. The highest BCUT2D eigenvalue weighted by molar-refractivity contribution is 6.09. The lowest BCUT2D eigenvalue weighted by molar-refractivity contribution is -0.127. The number of rotatable bonds is 5. The van der Waals surface area contributed by atoms with Crippen LogP contribution in [0.1, 0.15) is 18.9 Å². The minimum atomic E-state index is -0.505. The van der Waals surface area contributed by atoms with Crippen LogP contribution in [0.4, 0.5) is 5.69 Å². The molecule has 1 heterocycles. The van der Waals surface area contributed by atoms with E-state index in [2.05, 4.69) is 21.1 Å². The number of carbonyl (C=O) groups is 2. The molecule has 1 aromatic rings. The number of nitrogens with zero attached hydrogens (tertiary/aromatic N) is 3. The zero-order chi connectivity index (χ0) is 16.1. The van der Waals surface area contributed by atoms with E-state index in [-0.39, 0.29) is 18.2 Å². The standard InChI is InChI=1S/C15H19N5O2/c1-10-13(15(22)19-17-10)8-14(21)18-16-9-11-4-6-12(7-5-11)20(2)3/h4-7,9,13H,8H2,1-3H3,(H,18,21)(H,19,22). The predicted molar refractivity (Wildman–Crippen MR) is 85.9 cm³/mol. The number of nitrogens with one attached hydrogen (secondary N) is 2. The van der Waals surface area contributed by atoms with Crippen LogP contribution in [-0.4, -0.2) is 37.8 Å². The van der Waals surface area contributed by atoms with Crippen LogP contribution in [0.25, 0.3) is 0 Å². The minimum absolute atomic E-state index is 0.0398. The van der Waals surface area contributed by atoms with E-state index in [9.17, 15) is 9.59 Å². The Balaban J connectivity index is 1.85. The van der Waals surface area contributed by atoms with Gasteiger partial charge in [-0.1, -0.05) is 12.1 Å². The van der Waals surface area contributed by atoms with Gasteiger partial charge in [-0.2, -0.15) is 10.2 Å². The SMILES string of the molecule is CC1=NNC(=O)C1CC(=O)NN=Cc1ccc(N(C)C)cc1. The Kier molecular flexibility index (Phi) is 4.88. The van der Waals surface area contributed by atoms with Gasteiger partial charge >= 0.3 is 0 Å². The van der Waals surface area contributed by atoms with Gasteiger partial charge in [0.2, 0.25) is 11.8 Å². The topological polar surface area (TPSA) is 86.2 Å². The molecule has 0 saturated heterocycles. The first-order valence-electron chi connectivity index (χ1n) is 6.90. The molecule has 0 aromatic heterocycles. The molecule has 1 aromatic carbocycles. The number of carbonyl (C=O) groups excluding carboxylic acids is 2. The molecule has 7 nitrogen and oxygen atoms in total. The summed E-state index contributed by atoms with van der Waals surface area (Å²) in [5.41, 5.74) is 7.35. The fourth-order valence-corrected chi connectivity index (χ4v) is 2.00. The molecule has 0 bridgehead atoms. The summed E-state index contributed by atoms with van der Waals surface area (Å²) in [4.78, 5) is 25.2. The second kappa shape index (κ2) is 6.84. The minimum Gasteiger partial charge on any atom is -0.378 e. The van der Waals surface area contributed by atoms with Gasteiger partial charge in [-0.25, -0.2) is 10.9 Å². The number of hydrogen-bond acceptors (Lipinski definition) is 5. The second-order valence-electron chi connectivity index (χ2n) is 5.27. The number of hydrazone groups is 2. The first-order valence-corrected chi connectivity index (χ1v) is 6.90. The highest BCUT2D eigenvalue weighted by Crippen LogP contribution is 2.12. The molecule has 0 spiro atoms. The van der Waals surface area contributed by atoms with Gasteiger partial charge < -0.3 is 4.90 Å². The number of benzene rings is 1. The Hall–Kier alpha value is -2.70. The third-order valence-electron chi connectivity index (χ3n) is 3.37. The zero-order valence-corrected chi connectivity index (χ0v) is 12.8. The first-order chi connectivity index (χ1) is 10.5. The van der Waals surface area contributed by atoms with E-state index >= 15 is 0 Å². The molecule has 2 N–H and O–H groups in total. The molecule has 0 aliphatic carbocycles. The van der Waals surface area contributed by atoms with E-state index in [1.54, 1.807) is 13.1 Å². The van der Waals surface area contributed by atoms with Crippen LogP contribution in [0, 0.1) is 5.92 Å². The fraction of sp³-hybridized carbons (Fsp3) is 0.333. The van der Waals surface area contributed by atoms with Crippen LogP contribution >= 0.6 is 0 Å². The zero-order valence-electron chi connectivity index (χ0n) is 12.8. The van der Waals surface area contributed by atoms with Gasteiger partial charge in [0.25, 0.3) is 0 Å². The Morgan fingerprint density at radius 2 is 2.09 bits per heavy atom. The molecule has 7 heteroatoms. The van der Waals surface area contributed by atoms with Crippen LogP contribution < -0.4 is 15.8 Å². The summed E-state index contributed by atoms with van der Waals surface area (Å²) in [5, 5.41) is 7.70. The molecule has 1 aliphatic heterocycles. The molecule has 1 atom stereocenters. The van der Waals surface area contributed by atoms with Crippen molar-refractivity contribution in [1.82, 2.24) is 10.9 Å². The van der Waals surface area contributed by atoms with Crippen molar-refractivity contribution in [2.45, 2.75) is 13.3 Å². The van der Waals surface area contributed by atoms with Crippen molar-refractivity contribution in [2.75, 3.05) is 19.0 Å². The van der Waals surface area contributed by atoms with E-state index < -0.39 is 5.92 Å². The summed E-state index contributed by atoms with van der Waals surface area (Å²) < 4.78 is 0. The number of anilines is 1. The van der Waals surface area contributed by atoms with Crippen molar-refractivity contribution >= 4 is 29.4 Å². The van der Waals surface area contributed by atoms with E-state index in [0.29, 0.717) is 5.71 Å². The Bertz CT molecular complexity index is 619. The summed E-state index contributed by atoms with van der Waals surface area (Å²) in [6.45, 7) is 1.71. The van der Waals surface area contributed by atoms with Gasteiger partial charge in [-0.15, -0.1) is 0 Å². The molecule has 0 radical (unpaired) electrons. The van der Waals surface area contributed by atoms with E-state index in [1.165, 1.54) is 0 Å². The predicted octanol–water partition coefficient (Wildman–Crippen LogP) is 0.715. The van der Waals surface area contributed by atoms with Crippen molar-refractivity contribution in [3.63, 3.8) is 0 Å². The first kappa shape index (κ1) is 15.7. The van der Waals surface area contributed by atoms with Crippen LogP contribution in [0.2, 0.25) is 0 Å². The summed E-state index contributed by atoms with van der Waals surface area (Å²) in [7, 11) is 3.93. The molecule has 1 aliphatic rings. The van der Waals surface area contributed by atoms with E-state index in [4.69, 9.17) is 0 Å². The van der Waals surface area contributed by atoms with Crippen LogP contribution in [0.3, 0.4) is 0 Å². The molecule has 0 fully saturated rings. The molecule has 2 rings (SSSR count). The quantitative estimate of drug-likeness (QED) is 0.620. The molecular formula is C15H19N5O2. The second-order valence-corrected chi connectivity index (χ2v) is 5.27. The van der Waals surface area contributed by atoms with Crippen LogP contribution in [-0.2, 0) is 9.59 Å². The van der Waals surface area contributed by atoms with Gasteiger partial charge in [0.1, 0.15) is 0 Å². The molecule has 1 unspecified atom stereocenters. The lowest BCUT2D eigenvalue weighted by Gasteiger charge is -2.11. The van der Waals surface area contributed by atoms with Gasteiger partial charge in [0.15, 0.2) is 0 Å². The van der Waals surface area contributed by atoms with Crippen molar-refractivity contribution in [3.8, 4) is 0 Å². The van der Waals surface area contributed by atoms with Crippen molar-refractivity contribution in [2.24, 2.45) is 16.1 Å². The average molecular weight is 301 g/mol. The Labute approximate surface area is 129 Å². The summed E-state index contributed by atoms with van der Waals surface area (Å²) in [6, 6.07) is 7.75. The Morgan fingerprint density at radius 1 is 1.41 bits per heavy atom. The van der Waals surface area contributed by atoms with E-state index in [1.807, 2.05) is 43.3 Å². The number of hydrogen-bond donors (Lipinski definition) is 2. The summed E-state index contributed by atoms with van der Waals surface area (Å²) >= 11 is 0. The fourth-order valence-electron chi connectivity index (χ4n) is 2.00. The third kappa shape index (κ3) is 3.91. The third-order valence-corrected chi connectivity index (χ3v) is 3.37. The molecule has 116 valence electrons. The Morgan fingerprint density at radius 3 is 2.64 bits per heavy atom. The lowest BCUT2D eigenvalue weighted by atomic mass is 10.0. The van der Waals surface area contributed by atoms with E-state index in [0.717, 1.165) is 11.3 Å². The maximum absolute atomic E-state index is 11.8. The summed E-state index contributed by atoms with van der Waals surface area (Å²) in [6.07, 6.45) is 1.60. The van der Waals surface area contributed by atoms with Gasteiger partial charge in [-0.05, 0) is 24.6 Å². The maximum atomic E-state index is 11.8. The van der Waals surface area contributed by atoms with Crippen molar-refractivity contribution in [3.05, 3.63) is 29.8 Å². The monoisotopic (exact) mass is 301 g/mol. The van der Waals surface area contributed by atoms with Gasteiger partial charge in [0.05, 0.1) is 12.1 Å². The summed E-state index contributed by atoms with van der Waals surface area (Å²) in [5.74, 6) is -1.08. The highest BCUT2D eigenvalue weighted by atomic mass is 16.2. The van der Waals surface area contributed by atoms with Crippen molar-refractivity contribution < 1.29 is 9.59 Å². The van der Waals surface area contributed by atoms with Crippen LogP contribution in [0.5, 0.6) is 0 Å². The lowest BCUT2D eigenvalue weighted by Crippen LogP contribution is -2.29. The largest absolute Gasteiger partial charge is 0.378 e. The number of amides is 2.